The number of hydrogen-bond donors (Lipinski definition) is 2. The minimum Gasteiger partial charge on any atom is -0.391 e. The fourth-order valence-electron chi connectivity index (χ4n) is 2.18. The number of carbonyl (C=O) groups excluding carboxylic acids is 1. The van der Waals surface area contributed by atoms with Crippen LogP contribution >= 0.6 is 0 Å². The molecule has 1 aromatic rings. The fraction of sp³-hybridized carbons (Fsp3) is 0.562. The number of urea groups is 1. The zero-order valence-corrected chi connectivity index (χ0v) is 12.7. The molecule has 0 saturated heterocycles. The monoisotopic (exact) mass is 292 g/mol. The third-order valence-corrected chi connectivity index (χ3v) is 3.69. The third-order valence-electron chi connectivity index (χ3n) is 3.69. The van der Waals surface area contributed by atoms with Crippen molar-refractivity contribution >= 4 is 11.7 Å². The Morgan fingerprint density at radius 2 is 2.19 bits per heavy atom. The maximum absolute atomic E-state index is 12.2. The van der Waals surface area contributed by atoms with Crippen LogP contribution in [0.5, 0.6) is 0 Å². The van der Waals surface area contributed by atoms with Gasteiger partial charge in [0, 0.05) is 31.5 Å². The van der Waals surface area contributed by atoms with Crippen LogP contribution in [0.15, 0.2) is 24.3 Å². The van der Waals surface area contributed by atoms with Gasteiger partial charge >= 0.3 is 6.03 Å². The number of nitrogens with zero attached hydrogens (tertiary/aromatic N) is 1. The Bertz CT molecular complexity index is 474. The lowest BCUT2D eigenvalue weighted by Crippen LogP contribution is -2.38. The van der Waals surface area contributed by atoms with E-state index in [0.717, 1.165) is 24.1 Å². The van der Waals surface area contributed by atoms with Crippen LogP contribution in [0.3, 0.4) is 0 Å². The molecule has 2 rings (SSSR count). The molecule has 0 aliphatic heterocycles. The topological polar surface area (TPSA) is 61.8 Å². The summed E-state index contributed by atoms with van der Waals surface area (Å²) in [5.41, 5.74) is 1.70. The van der Waals surface area contributed by atoms with Gasteiger partial charge in [-0.2, -0.15) is 0 Å². The molecule has 1 aliphatic rings. The lowest BCUT2D eigenvalue weighted by atomic mass is 10.2. The Morgan fingerprint density at radius 1 is 1.48 bits per heavy atom. The van der Waals surface area contributed by atoms with Gasteiger partial charge in [-0.05, 0) is 31.7 Å². The van der Waals surface area contributed by atoms with E-state index in [9.17, 15) is 9.90 Å². The molecule has 1 atom stereocenters. The summed E-state index contributed by atoms with van der Waals surface area (Å²) in [6.45, 7) is 3.41. The molecule has 1 unspecified atom stereocenters. The number of likely N-dealkylation sites (N-methyl/N-ethyl adjacent to an activating group) is 1. The quantitative estimate of drug-likeness (QED) is 0.811. The Hall–Kier alpha value is -1.59. The molecule has 116 valence electrons. The Balaban J connectivity index is 1.91. The normalized spacial score (nSPS) is 15.6. The first-order chi connectivity index (χ1) is 10.1. The van der Waals surface area contributed by atoms with Gasteiger partial charge in [0.2, 0.25) is 0 Å². The minimum absolute atomic E-state index is 0.210. The predicted molar refractivity (Wildman–Crippen MR) is 82.2 cm³/mol. The van der Waals surface area contributed by atoms with Crippen LogP contribution in [-0.2, 0) is 11.3 Å². The Kier molecular flexibility index (Phi) is 5.59. The lowest BCUT2D eigenvalue weighted by molar-refractivity contribution is 0.117. The molecule has 1 aromatic carbocycles. The summed E-state index contributed by atoms with van der Waals surface area (Å²) in [6, 6.07) is 7.38. The highest BCUT2D eigenvalue weighted by Crippen LogP contribution is 2.32. The van der Waals surface area contributed by atoms with Gasteiger partial charge in [0.1, 0.15) is 0 Å². The van der Waals surface area contributed by atoms with Crippen LogP contribution in [-0.4, -0.2) is 42.3 Å². The minimum atomic E-state index is -0.417. The predicted octanol–water partition coefficient (Wildman–Crippen LogP) is 2.46. The molecule has 0 bridgehead atoms. The molecule has 0 spiro atoms. The maximum atomic E-state index is 12.2. The first-order valence-electron chi connectivity index (χ1n) is 7.47. The van der Waals surface area contributed by atoms with Gasteiger partial charge in [-0.15, -0.1) is 0 Å². The van der Waals surface area contributed by atoms with Crippen molar-refractivity contribution in [3.05, 3.63) is 29.8 Å². The molecule has 2 N–H and O–H groups in total. The van der Waals surface area contributed by atoms with E-state index in [1.807, 2.05) is 31.2 Å². The van der Waals surface area contributed by atoms with E-state index < -0.39 is 6.10 Å². The number of nitrogens with one attached hydrogen (secondary N) is 1. The highest BCUT2D eigenvalue weighted by atomic mass is 16.5. The second-order valence-corrected chi connectivity index (χ2v) is 5.51. The maximum Gasteiger partial charge on any atom is 0.321 e. The Labute approximate surface area is 125 Å². The summed E-state index contributed by atoms with van der Waals surface area (Å²) in [6.07, 6.45) is 1.71. The van der Waals surface area contributed by atoms with Crippen molar-refractivity contribution in [2.75, 3.05) is 25.5 Å². The smallest absolute Gasteiger partial charge is 0.321 e. The number of ether oxygens (including phenoxy) is 1. The zero-order valence-electron chi connectivity index (χ0n) is 12.7. The second kappa shape index (κ2) is 7.43. The van der Waals surface area contributed by atoms with Gasteiger partial charge in [-0.1, -0.05) is 18.2 Å². The first-order valence-corrected chi connectivity index (χ1v) is 7.47. The first kappa shape index (κ1) is 15.8. The molecule has 5 heteroatoms. The number of carbonyl (C=O) groups is 1. The van der Waals surface area contributed by atoms with Crippen LogP contribution in [0.1, 0.15) is 25.3 Å². The summed E-state index contributed by atoms with van der Waals surface area (Å²) in [5, 5.41) is 12.8. The van der Waals surface area contributed by atoms with Gasteiger partial charge in [0.15, 0.2) is 0 Å². The molecule has 2 amide bonds. The molecular weight excluding hydrogens is 268 g/mol. The van der Waals surface area contributed by atoms with E-state index in [-0.39, 0.29) is 6.03 Å². The molecule has 0 aromatic heterocycles. The highest BCUT2D eigenvalue weighted by molar-refractivity contribution is 5.90. The van der Waals surface area contributed by atoms with Crippen LogP contribution < -0.4 is 5.32 Å². The van der Waals surface area contributed by atoms with Crippen molar-refractivity contribution in [1.29, 1.82) is 0 Å². The highest BCUT2D eigenvalue weighted by Gasteiger charge is 2.31. The van der Waals surface area contributed by atoms with Crippen molar-refractivity contribution in [1.82, 2.24) is 4.90 Å². The summed E-state index contributed by atoms with van der Waals surface area (Å²) in [7, 11) is 1.70. The molecule has 21 heavy (non-hydrogen) atoms. The largest absolute Gasteiger partial charge is 0.391 e. The van der Waals surface area contributed by atoms with E-state index in [2.05, 4.69) is 5.32 Å². The summed E-state index contributed by atoms with van der Waals surface area (Å²) in [5.74, 6) is 0.366. The van der Waals surface area contributed by atoms with Crippen molar-refractivity contribution in [3.63, 3.8) is 0 Å². The van der Waals surface area contributed by atoms with E-state index >= 15 is 0 Å². The van der Waals surface area contributed by atoms with Crippen LogP contribution in [0, 0.1) is 5.92 Å². The molecule has 1 saturated carbocycles. The van der Waals surface area contributed by atoms with Crippen LogP contribution in [0.25, 0.3) is 0 Å². The number of aliphatic hydroxyl groups excluding tert-OH is 1. The van der Waals surface area contributed by atoms with Gasteiger partial charge in [0.05, 0.1) is 12.7 Å². The van der Waals surface area contributed by atoms with Crippen LogP contribution in [0.4, 0.5) is 10.5 Å². The second-order valence-electron chi connectivity index (χ2n) is 5.51. The number of hydrogen-bond acceptors (Lipinski definition) is 3. The number of aliphatic hydroxyl groups is 1. The average molecular weight is 292 g/mol. The van der Waals surface area contributed by atoms with Gasteiger partial charge in [0.25, 0.3) is 0 Å². The van der Waals surface area contributed by atoms with E-state index in [1.165, 1.54) is 4.90 Å². The Morgan fingerprint density at radius 3 is 2.86 bits per heavy atom. The number of anilines is 1. The molecule has 0 radical (unpaired) electrons. The molecule has 5 nitrogen and oxygen atoms in total. The average Bonchev–Trinajstić information content (AvgIpc) is 3.30. The van der Waals surface area contributed by atoms with Gasteiger partial charge in [-0.25, -0.2) is 4.79 Å². The van der Waals surface area contributed by atoms with Gasteiger partial charge < -0.3 is 20.1 Å². The standard InChI is InChI=1S/C16H24N2O3/c1-3-21-11-13-6-4-5-7-14(13)17-16(20)18(2)10-15(19)12-8-9-12/h4-7,12,15,19H,3,8-11H2,1-2H3,(H,17,20). The molecule has 1 fully saturated rings. The fourth-order valence-corrected chi connectivity index (χ4v) is 2.18. The number of amides is 2. The van der Waals surface area contributed by atoms with Gasteiger partial charge in [-0.3, -0.25) is 0 Å². The van der Waals surface area contributed by atoms with Crippen molar-refractivity contribution in [3.8, 4) is 0 Å². The number of para-hydroxylation sites is 1. The molecular formula is C16H24N2O3. The molecule has 1 aliphatic carbocycles. The lowest BCUT2D eigenvalue weighted by Gasteiger charge is -2.22. The number of rotatable bonds is 7. The summed E-state index contributed by atoms with van der Waals surface area (Å²) in [4.78, 5) is 13.7. The van der Waals surface area contributed by atoms with Crippen molar-refractivity contribution in [2.45, 2.75) is 32.5 Å². The van der Waals surface area contributed by atoms with Crippen molar-refractivity contribution in [2.24, 2.45) is 5.92 Å². The zero-order chi connectivity index (χ0) is 15.2. The summed E-state index contributed by atoms with van der Waals surface area (Å²) >= 11 is 0. The number of benzene rings is 1. The van der Waals surface area contributed by atoms with E-state index in [4.69, 9.17) is 4.74 Å². The molecule has 0 heterocycles. The SMILES string of the molecule is CCOCc1ccccc1NC(=O)N(C)CC(O)C1CC1. The van der Waals surface area contributed by atoms with E-state index in [1.54, 1.807) is 7.05 Å². The van der Waals surface area contributed by atoms with Crippen LogP contribution in [0.2, 0.25) is 0 Å². The van der Waals surface area contributed by atoms with Crippen molar-refractivity contribution < 1.29 is 14.6 Å². The van der Waals surface area contributed by atoms with E-state index in [0.29, 0.717) is 25.7 Å². The summed E-state index contributed by atoms with van der Waals surface area (Å²) < 4.78 is 5.40. The third kappa shape index (κ3) is 4.72.